The highest BCUT2D eigenvalue weighted by atomic mass is 19.4. The maximum absolute atomic E-state index is 12.8. The lowest BCUT2D eigenvalue weighted by atomic mass is 10.0. The summed E-state index contributed by atoms with van der Waals surface area (Å²) in [7, 11) is 0. The lowest BCUT2D eigenvalue weighted by Crippen LogP contribution is -2.29. The molecule has 6 heteroatoms. The Bertz CT molecular complexity index is 460. The fraction of sp³-hybridized carbons (Fsp3) is 0.533. The number of hydrogen-bond acceptors (Lipinski definition) is 2. The van der Waals surface area contributed by atoms with E-state index in [4.69, 9.17) is 0 Å². The zero-order valence-electron chi connectivity index (χ0n) is 11.9. The van der Waals surface area contributed by atoms with Crippen LogP contribution in [0.25, 0.3) is 0 Å². The van der Waals surface area contributed by atoms with E-state index < -0.39 is 17.8 Å². The number of hydrogen-bond donors (Lipinski definition) is 2. The van der Waals surface area contributed by atoms with Crippen LogP contribution in [0.3, 0.4) is 0 Å². The molecule has 21 heavy (non-hydrogen) atoms. The number of unbranched alkanes of at least 4 members (excludes halogenated alkanes) is 2. The van der Waals surface area contributed by atoms with Crippen molar-refractivity contribution in [3.8, 4) is 0 Å². The molecule has 1 unspecified atom stereocenters. The Balaban J connectivity index is 2.60. The minimum atomic E-state index is -4.53. The molecule has 0 radical (unpaired) electrons. The quantitative estimate of drug-likeness (QED) is 0.758. The van der Waals surface area contributed by atoms with Crippen LogP contribution < -0.4 is 5.32 Å². The van der Waals surface area contributed by atoms with Crippen molar-refractivity contribution in [1.29, 1.82) is 0 Å². The first kappa shape index (κ1) is 17.5. The summed E-state index contributed by atoms with van der Waals surface area (Å²) in [4.78, 5) is 11.5. The van der Waals surface area contributed by atoms with Gasteiger partial charge in [-0.1, -0.05) is 38.0 Å². The van der Waals surface area contributed by atoms with Crippen molar-refractivity contribution in [1.82, 2.24) is 5.32 Å². The number of aliphatic hydroxyl groups excluding tert-OH is 1. The number of alkyl halides is 3. The lowest BCUT2D eigenvalue weighted by Gasteiger charge is -2.17. The highest BCUT2D eigenvalue weighted by Crippen LogP contribution is 2.34. The van der Waals surface area contributed by atoms with E-state index in [1.165, 1.54) is 18.2 Å². The number of carbonyl (C=O) groups is 1. The summed E-state index contributed by atoms with van der Waals surface area (Å²) in [6.07, 6.45) is -2.94. The summed E-state index contributed by atoms with van der Waals surface area (Å²) in [6.45, 7) is 1.79. The van der Waals surface area contributed by atoms with E-state index in [9.17, 15) is 23.1 Å². The fourth-order valence-corrected chi connectivity index (χ4v) is 1.99. The molecule has 0 aliphatic carbocycles. The second-order valence-electron chi connectivity index (χ2n) is 4.86. The summed E-state index contributed by atoms with van der Waals surface area (Å²) in [5.41, 5.74) is -1.10. The molecule has 118 valence electrons. The Kier molecular flexibility index (Phi) is 6.68. The van der Waals surface area contributed by atoms with E-state index in [1.807, 2.05) is 6.92 Å². The molecule has 1 amide bonds. The number of amides is 1. The maximum Gasteiger partial charge on any atom is 0.416 e. The van der Waals surface area contributed by atoms with Crippen molar-refractivity contribution >= 4 is 5.91 Å². The number of benzene rings is 1. The number of halogens is 3. The van der Waals surface area contributed by atoms with Gasteiger partial charge in [0.1, 0.15) is 0 Å². The molecule has 0 fully saturated rings. The normalized spacial score (nSPS) is 13.0. The largest absolute Gasteiger partial charge is 0.416 e. The summed E-state index contributed by atoms with van der Waals surface area (Å²) >= 11 is 0. The molecule has 1 aromatic carbocycles. The van der Waals surface area contributed by atoms with E-state index >= 15 is 0 Å². The van der Waals surface area contributed by atoms with E-state index in [-0.39, 0.29) is 18.0 Å². The minimum Gasteiger partial charge on any atom is -0.387 e. The van der Waals surface area contributed by atoms with Crippen LogP contribution in [0.2, 0.25) is 0 Å². The predicted octanol–water partition coefficient (Wildman–Crippen LogP) is 3.44. The van der Waals surface area contributed by atoms with Crippen molar-refractivity contribution < 1.29 is 23.1 Å². The number of carbonyl (C=O) groups excluding carboxylic acids is 1. The molecular weight excluding hydrogens is 283 g/mol. The Morgan fingerprint density at radius 3 is 2.57 bits per heavy atom. The molecule has 0 aliphatic heterocycles. The van der Waals surface area contributed by atoms with Crippen molar-refractivity contribution in [2.75, 3.05) is 6.54 Å². The first-order valence-corrected chi connectivity index (χ1v) is 6.97. The smallest absolute Gasteiger partial charge is 0.387 e. The molecule has 1 atom stereocenters. The van der Waals surface area contributed by atoms with Gasteiger partial charge in [-0.25, -0.2) is 0 Å². The van der Waals surface area contributed by atoms with Gasteiger partial charge in [-0.2, -0.15) is 13.2 Å². The Morgan fingerprint density at radius 2 is 1.95 bits per heavy atom. The van der Waals surface area contributed by atoms with Gasteiger partial charge in [-0.15, -0.1) is 0 Å². The van der Waals surface area contributed by atoms with Crippen LogP contribution in [0.5, 0.6) is 0 Å². The summed E-state index contributed by atoms with van der Waals surface area (Å²) in [6, 6.07) is 4.83. The van der Waals surface area contributed by atoms with Gasteiger partial charge in [0.15, 0.2) is 0 Å². The van der Waals surface area contributed by atoms with Gasteiger partial charge in [-0.3, -0.25) is 4.79 Å². The molecular formula is C15H20F3NO2. The third kappa shape index (κ3) is 5.75. The lowest BCUT2D eigenvalue weighted by molar-refractivity contribution is -0.139. The van der Waals surface area contributed by atoms with Crippen LogP contribution in [0, 0.1) is 0 Å². The predicted molar refractivity (Wildman–Crippen MR) is 73.6 cm³/mol. The number of nitrogens with one attached hydrogen (secondary N) is 1. The van der Waals surface area contributed by atoms with Crippen molar-refractivity contribution in [2.45, 2.75) is 44.9 Å². The van der Waals surface area contributed by atoms with Crippen LogP contribution in [0.4, 0.5) is 13.2 Å². The van der Waals surface area contributed by atoms with E-state index in [0.29, 0.717) is 6.42 Å². The first-order valence-electron chi connectivity index (χ1n) is 6.97. The summed E-state index contributed by atoms with van der Waals surface area (Å²) in [5.74, 6) is -0.257. The van der Waals surface area contributed by atoms with Crippen molar-refractivity contribution in [3.63, 3.8) is 0 Å². The topological polar surface area (TPSA) is 49.3 Å². The minimum absolute atomic E-state index is 0.223. The average molecular weight is 303 g/mol. The van der Waals surface area contributed by atoms with Gasteiger partial charge in [0.2, 0.25) is 5.91 Å². The van der Waals surface area contributed by atoms with Gasteiger partial charge < -0.3 is 10.4 Å². The molecule has 1 aromatic rings. The molecule has 0 aliphatic rings. The van der Waals surface area contributed by atoms with Gasteiger partial charge in [-0.05, 0) is 18.1 Å². The zero-order valence-corrected chi connectivity index (χ0v) is 11.9. The summed E-state index contributed by atoms with van der Waals surface area (Å²) < 4.78 is 38.4. The second-order valence-corrected chi connectivity index (χ2v) is 4.86. The Hall–Kier alpha value is -1.56. The first-order chi connectivity index (χ1) is 9.86. The van der Waals surface area contributed by atoms with Gasteiger partial charge in [0.05, 0.1) is 11.7 Å². The standard InChI is InChI=1S/C15H20F3NO2/c1-2-3-4-9-14(21)19-10-13(20)11-7-5-6-8-12(11)15(16,17)18/h5-8,13,20H,2-4,9-10H2,1H3,(H,19,21). The molecule has 0 aromatic heterocycles. The van der Waals surface area contributed by atoms with E-state index in [1.54, 1.807) is 0 Å². The van der Waals surface area contributed by atoms with E-state index in [2.05, 4.69) is 5.32 Å². The monoisotopic (exact) mass is 303 g/mol. The highest BCUT2D eigenvalue weighted by molar-refractivity contribution is 5.75. The molecule has 1 rings (SSSR count). The number of rotatable bonds is 7. The zero-order chi connectivity index (χ0) is 15.9. The molecule has 0 saturated carbocycles. The van der Waals surface area contributed by atoms with Crippen LogP contribution in [-0.4, -0.2) is 17.6 Å². The molecule has 0 spiro atoms. The van der Waals surface area contributed by atoms with Gasteiger partial charge >= 0.3 is 6.18 Å². The molecule has 0 saturated heterocycles. The van der Waals surface area contributed by atoms with Crippen LogP contribution >= 0.6 is 0 Å². The van der Waals surface area contributed by atoms with Crippen LogP contribution in [-0.2, 0) is 11.0 Å². The summed E-state index contributed by atoms with van der Waals surface area (Å²) in [5, 5.41) is 12.3. The molecule has 2 N–H and O–H groups in total. The Morgan fingerprint density at radius 1 is 1.29 bits per heavy atom. The molecule has 0 bridgehead atoms. The Labute approximate surface area is 122 Å². The molecule has 0 heterocycles. The third-order valence-electron chi connectivity index (χ3n) is 3.13. The third-order valence-corrected chi connectivity index (χ3v) is 3.13. The van der Waals surface area contributed by atoms with Crippen molar-refractivity contribution in [3.05, 3.63) is 35.4 Å². The van der Waals surface area contributed by atoms with Crippen molar-refractivity contribution in [2.24, 2.45) is 0 Å². The van der Waals surface area contributed by atoms with Gasteiger partial charge in [0, 0.05) is 13.0 Å². The number of aliphatic hydroxyl groups is 1. The highest BCUT2D eigenvalue weighted by Gasteiger charge is 2.34. The maximum atomic E-state index is 12.8. The van der Waals surface area contributed by atoms with E-state index in [0.717, 1.165) is 25.3 Å². The molecule has 3 nitrogen and oxygen atoms in total. The van der Waals surface area contributed by atoms with Gasteiger partial charge in [0.25, 0.3) is 0 Å². The van der Waals surface area contributed by atoms with Crippen LogP contribution in [0.15, 0.2) is 24.3 Å². The second kappa shape index (κ2) is 8.02. The SMILES string of the molecule is CCCCCC(=O)NCC(O)c1ccccc1C(F)(F)F. The van der Waals surface area contributed by atoms with Crippen LogP contribution in [0.1, 0.15) is 49.8 Å². The average Bonchev–Trinajstić information content (AvgIpc) is 2.44. The fourth-order valence-electron chi connectivity index (χ4n) is 1.99.